The van der Waals surface area contributed by atoms with Crippen LogP contribution in [0.15, 0.2) is 66.7 Å². The molecule has 1 N–H and O–H groups in total. The summed E-state index contributed by atoms with van der Waals surface area (Å²) in [6.07, 6.45) is 0. The molecule has 8 heteroatoms. The van der Waals surface area contributed by atoms with Gasteiger partial charge in [0.05, 0.1) is 50.8 Å². The molecule has 35 heavy (non-hydrogen) atoms. The Morgan fingerprint density at radius 1 is 0.800 bits per heavy atom. The molecular formula is C27H24N2O6. The molecule has 0 bridgehead atoms. The van der Waals surface area contributed by atoms with Gasteiger partial charge >= 0.3 is 5.97 Å². The molecule has 0 saturated heterocycles. The normalized spacial score (nSPS) is 10.5. The maximum atomic E-state index is 13.4. The number of hydrogen-bond donors (Lipinski definition) is 1. The average molecular weight is 472 g/mol. The van der Waals surface area contributed by atoms with Gasteiger partial charge in [0, 0.05) is 16.6 Å². The average Bonchev–Trinajstić information content (AvgIpc) is 2.91. The van der Waals surface area contributed by atoms with Crippen LogP contribution in [0.25, 0.3) is 22.2 Å². The molecule has 0 aliphatic carbocycles. The van der Waals surface area contributed by atoms with Gasteiger partial charge in [0.2, 0.25) is 5.75 Å². The summed E-state index contributed by atoms with van der Waals surface area (Å²) in [6.45, 7) is 0. The van der Waals surface area contributed by atoms with Crippen molar-refractivity contribution in [1.29, 1.82) is 0 Å². The van der Waals surface area contributed by atoms with Gasteiger partial charge in [-0.05, 0) is 42.5 Å². The van der Waals surface area contributed by atoms with Crippen LogP contribution in [0.1, 0.15) is 20.7 Å². The monoisotopic (exact) mass is 472 g/mol. The third-order valence-corrected chi connectivity index (χ3v) is 5.46. The lowest BCUT2D eigenvalue weighted by Gasteiger charge is -2.15. The lowest BCUT2D eigenvalue weighted by molar-refractivity contribution is 0.0600. The van der Waals surface area contributed by atoms with Crippen molar-refractivity contribution in [2.75, 3.05) is 33.8 Å². The van der Waals surface area contributed by atoms with Gasteiger partial charge in [0.15, 0.2) is 11.5 Å². The molecule has 1 amide bonds. The minimum Gasteiger partial charge on any atom is -0.493 e. The number of esters is 1. The topological polar surface area (TPSA) is 96.0 Å². The number of methoxy groups -OCH3 is 4. The number of benzene rings is 3. The molecule has 0 fully saturated rings. The van der Waals surface area contributed by atoms with E-state index in [4.69, 9.17) is 23.9 Å². The van der Waals surface area contributed by atoms with Crippen LogP contribution in [-0.4, -0.2) is 45.3 Å². The molecular weight excluding hydrogens is 448 g/mol. The number of carbonyl (C=O) groups is 2. The second-order valence-corrected chi connectivity index (χ2v) is 7.51. The van der Waals surface area contributed by atoms with Crippen molar-refractivity contribution in [2.24, 2.45) is 0 Å². The predicted octanol–water partition coefficient (Wildman–Crippen LogP) is 4.97. The third-order valence-electron chi connectivity index (χ3n) is 5.46. The summed E-state index contributed by atoms with van der Waals surface area (Å²) in [6, 6.07) is 19.2. The highest BCUT2D eigenvalue weighted by atomic mass is 16.5. The number of nitrogens with zero attached hydrogens (tertiary/aromatic N) is 1. The smallest absolute Gasteiger partial charge is 0.337 e. The zero-order valence-corrected chi connectivity index (χ0v) is 19.7. The van der Waals surface area contributed by atoms with Crippen molar-refractivity contribution in [2.45, 2.75) is 0 Å². The molecule has 0 aliphatic heterocycles. The van der Waals surface area contributed by atoms with E-state index in [9.17, 15) is 9.59 Å². The Morgan fingerprint density at radius 3 is 2.17 bits per heavy atom. The number of anilines is 1. The van der Waals surface area contributed by atoms with Crippen LogP contribution in [0.4, 0.5) is 5.69 Å². The van der Waals surface area contributed by atoms with Crippen molar-refractivity contribution < 1.29 is 28.5 Å². The van der Waals surface area contributed by atoms with Crippen molar-refractivity contribution >= 4 is 28.5 Å². The number of ether oxygens (including phenoxy) is 4. The van der Waals surface area contributed by atoms with E-state index < -0.39 is 5.97 Å². The highest BCUT2D eigenvalue weighted by Gasteiger charge is 2.18. The first-order valence-corrected chi connectivity index (χ1v) is 10.7. The SMILES string of the molecule is COC(=O)c1cccc(NC(=O)c2cc(-c3cc(OC)c(OC)c(OC)c3)nc3ccccc23)c1. The second kappa shape index (κ2) is 10.1. The maximum absolute atomic E-state index is 13.4. The van der Waals surface area contributed by atoms with Crippen molar-refractivity contribution in [3.63, 3.8) is 0 Å². The first-order valence-electron chi connectivity index (χ1n) is 10.7. The van der Waals surface area contributed by atoms with Crippen molar-refractivity contribution in [3.05, 3.63) is 77.9 Å². The Morgan fingerprint density at radius 2 is 1.51 bits per heavy atom. The molecule has 0 spiro atoms. The van der Waals surface area contributed by atoms with Gasteiger partial charge in [-0.1, -0.05) is 24.3 Å². The van der Waals surface area contributed by atoms with Gasteiger partial charge in [-0.3, -0.25) is 4.79 Å². The molecule has 8 nitrogen and oxygen atoms in total. The molecule has 4 rings (SSSR count). The van der Waals surface area contributed by atoms with Crippen LogP contribution in [-0.2, 0) is 4.74 Å². The third kappa shape index (κ3) is 4.72. The van der Waals surface area contributed by atoms with E-state index in [1.165, 1.54) is 28.4 Å². The van der Waals surface area contributed by atoms with E-state index in [0.29, 0.717) is 56.2 Å². The largest absolute Gasteiger partial charge is 0.493 e. The predicted molar refractivity (Wildman–Crippen MR) is 133 cm³/mol. The Labute approximate surface area is 202 Å². The summed E-state index contributed by atoms with van der Waals surface area (Å²) < 4.78 is 21.1. The lowest BCUT2D eigenvalue weighted by Crippen LogP contribution is -2.14. The summed E-state index contributed by atoms with van der Waals surface area (Å²) in [5.74, 6) is 0.576. The molecule has 0 saturated carbocycles. The van der Waals surface area contributed by atoms with Gasteiger partial charge in [-0.15, -0.1) is 0 Å². The number of carbonyl (C=O) groups excluding carboxylic acids is 2. The standard InChI is InChI=1S/C27H24N2O6/c1-32-23-13-17(14-24(33-2)25(23)34-3)22-15-20(19-10-5-6-11-21(19)29-22)26(30)28-18-9-7-8-16(12-18)27(31)35-4/h5-15H,1-4H3,(H,28,30). The quantitative estimate of drug-likeness (QED) is 0.380. The van der Waals surface area contributed by atoms with Crippen LogP contribution < -0.4 is 19.5 Å². The first-order chi connectivity index (χ1) is 17.0. The van der Waals surface area contributed by atoms with E-state index in [1.54, 1.807) is 42.5 Å². The summed E-state index contributed by atoms with van der Waals surface area (Å²) in [4.78, 5) is 30.0. The summed E-state index contributed by atoms with van der Waals surface area (Å²) in [5.41, 5.74) is 3.11. The number of rotatable bonds is 7. The second-order valence-electron chi connectivity index (χ2n) is 7.51. The van der Waals surface area contributed by atoms with Gasteiger partial charge in [0.25, 0.3) is 5.91 Å². The molecule has 4 aromatic rings. The number of para-hydroxylation sites is 1. The fourth-order valence-corrected chi connectivity index (χ4v) is 3.78. The fraction of sp³-hybridized carbons (Fsp3) is 0.148. The molecule has 178 valence electrons. The van der Waals surface area contributed by atoms with E-state index in [-0.39, 0.29) is 5.91 Å². The van der Waals surface area contributed by atoms with Crippen LogP contribution >= 0.6 is 0 Å². The zero-order valence-electron chi connectivity index (χ0n) is 19.7. The van der Waals surface area contributed by atoms with Crippen molar-refractivity contribution in [1.82, 2.24) is 4.98 Å². The highest BCUT2D eigenvalue weighted by Crippen LogP contribution is 2.41. The minimum absolute atomic E-state index is 0.336. The maximum Gasteiger partial charge on any atom is 0.337 e. The highest BCUT2D eigenvalue weighted by molar-refractivity contribution is 6.13. The van der Waals surface area contributed by atoms with Gasteiger partial charge in [0.1, 0.15) is 0 Å². The molecule has 3 aromatic carbocycles. The van der Waals surface area contributed by atoms with E-state index in [2.05, 4.69) is 5.32 Å². The number of hydrogen-bond acceptors (Lipinski definition) is 7. The van der Waals surface area contributed by atoms with E-state index in [1.807, 2.05) is 24.3 Å². The molecule has 0 aliphatic rings. The summed E-state index contributed by atoms with van der Waals surface area (Å²) in [7, 11) is 5.92. The number of amides is 1. The van der Waals surface area contributed by atoms with Crippen LogP contribution in [0.2, 0.25) is 0 Å². The first kappa shape index (κ1) is 23.6. The Hall–Kier alpha value is -4.59. The van der Waals surface area contributed by atoms with Gasteiger partial charge in [-0.2, -0.15) is 0 Å². The van der Waals surface area contributed by atoms with Crippen molar-refractivity contribution in [3.8, 4) is 28.5 Å². The molecule has 1 aromatic heterocycles. The molecule has 0 unspecified atom stereocenters. The van der Waals surface area contributed by atoms with Crippen LogP contribution in [0.5, 0.6) is 17.2 Å². The minimum atomic E-state index is -0.486. The van der Waals surface area contributed by atoms with Crippen LogP contribution in [0, 0.1) is 0 Å². The number of pyridine rings is 1. The lowest BCUT2D eigenvalue weighted by atomic mass is 10.0. The fourth-order valence-electron chi connectivity index (χ4n) is 3.78. The number of aromatic nitrogens is 1. The Bertz CT molecular complexity index is 1390. The zero-order chi connectivity index (χ0) is 24.9. The molecule has 0 atom stereocenters. The summed E-state index contributed by atoms with van der Waals surface area (Å²) in [5, 5.41) is 3.55. The van der Waals surface area contributed by atoms with E-state index >= 15 is 0 Å². The van der Waals surface area contributed by atoms with Gasteiger partial charge < -0.3 is 24.3 Å². The Kier molecular flexibility index (Phi) is 6.82. The molecule has 0 radical (unpaired) electrons. The number of nitrogens with one attached hydrogen (secondary N) is 1. The Balaban J connectivity index is 1.80. The van der Waals surface area contributed by atoms with E-state index in [0.717, 1.165) is 0 Å². The summed E-state index contributed by atoms with van der Waals surface area (Å²) >= 11 is 0. The number of fused-ring (bicyclic) bond motifs is 1. The van der Waals surface area contributed by atoms with Gasteiger partial charge in [-0.25, -0.2) is 9.78 Å². The molecule has 1 heterocycles. The van der Waals surface area contributed by atoms with Crippen LogP contribution in [0.3, 0.4) is 0 Å².